The third-order valence-corrected chi connectivity index (χ3v) is 50.1. The second-order valence-electron chi connectivity index (χ2n) is 36.9. The molecule has 0 saturated carbocycles. The second-order valence-corrected chi connectivity index (χ2v) is 75.6. The van der Waals surface area contributed by atoms with E-state index in [1.807, 2.05) is 6.08 Å². The molecule has 0 unspecified atom stereocenters. The summed E-state index contributed by atoms with van der Waals surface area (Å²) in [6.45, 7) is 93.0. The Hall–Kier alpha value is 0.595. The van der Waals surface area contributed by atoms with Crippen molar-refractivity contribution in [2.75, 3.05) is 6.61 Å². The largest absolute Gasteiger partial charge is 0.411 e. The zero-order valence-electron chi connectivity index (χ0n) is 62.1. The molecule has 0 aromatic carbocycles. The standard InChI is InChI=1S/C33H72O5Si4.C33H70O4Si4.CH4/c1-25-26(21-20-23-34)35-29(27(22-24-39(11,12)13)36-40(14,15)31(2,3)4)30(38-42(18,19)33(8,9)10)28(25)37-41(16,17)32(5,6)7;1-21-22-26-25(2)28(36-40(17,18)32(6,7)8)30(37-41(19,20)33(9,10)11)29(34-26)27(23-24-38(12,13)14)35-39(15,16)31(3,4)5;/h22,24-30,34H,20-21,23H2,1-19H3;21,23-30H,1,22H2,2-20H3;1H4/b24-22+;24-23+;/t2*25-,26-,27-,28-,29-,30-;/m00./s1. The minimum absolute atomic E-state index is 0. The molecular formula is C67H146O9Si8. The Balaban J connectivity index is 0.00000162. The highest BCUT2D eigenvalue weighted by Gasteiger charge is 2.57. The van der Waals surface area contributed by atoms with E-state index in [1.165, 1.54) is 0 Å². The fraction of sp³-hybridized carbons (Fsp3) is 0.910. The molecule has 2 aliphatic heterocycles. The Morgan fingerprint density at radius 2 is 0.667 bits per heavy atom. The molecule has 0 radical (unpaired) electrons. The Bertz CT molecular complexity index is 2050. The highest BCUT2D eigenvalue weighted by atomic mass is 28.4. The van der Waals surface area contributed by atoms with Crippen LogP contribution < -0.4 is 0 Å². The quantitative estimate of drug-likeness (QED) is 0.0793. The van der Waals surface area contributed by atoms with E-state index in [9.17, 15) is 5.11 Å². The molecule has 0 aliphatic carbocycles. The third-order valence-electron chi connectivity index (χ3n) is 20.9. The van der Waals surface area contributed by atoms with Crippen molar-refractivity contribution in [3.63, 3.8) is 0 Å². The van der Waals surface area contributed by atoms with Crippen LogP contribution in [0.3, 0.4) is 0 Å². The summed E-state index contributed by atoms with van der Waals surface area (Å²) in [6, 6.07) is 0. The average Bonchev–Trinajstić information content (AvgIpc) is 3.24. The van der Waals surface area contributed by atoms with Crippen molar-refractivity contribution in [2.24, 2.45) is 11.8 Å². The number of aliphatic hydroxyl groups excluding tert-OH is 1. The number of hydrogen-bond donors (Lipinski definition) is 1. The van der Waals surface area contributed by atoms with Gasteiger partial charge in [-0.05, 0) is 128 Å². The van der Waals surface area contributed by atoms with Crippen LogP contribution in [-0.2, 0) is 36.0 Å². The molecule has 2 saturated heterocycles. The van der Waals surface area contributed by atoms with Crippen LogP contribution in [0, 0.1) is 11.8 Å². The first-order chi connectivity index (χ1) is 36.4. The molecule has 500 valence electrons. The lowest BCUT2D eigenvalue weighted by molar-refractivity contribution is -0.207. The van der Waals surface area contributed by atoms with Gasteiger partial charge in [0, 0.05) is 18.4 Å². The van der Waals surface area contributed by atoms with Crippen LogP contribution in [0.5, 0.6) is 0 Å². The first-order valence-electron chi connectivity index (χ1n) is 32.4. The molecular weight excluding hydrogens is 1170 g/mol. The molecule has 2 heterocycles. The maximum atomic E-state index is 9.80. The van der Waals surface area contributed by atoms with Gasteiger partial charge in [-0.2, -0.15) is 0 Å². The molecule has 12 atom stereocenters. The topological polar surface area (TPSA) is 94.1 Å². The number of hydrogen-bond acceptors (Lipinski definition) is 9. The molecule has 0 bridgehead atoms. The van der Waals surface area contributed by atoms with E-state index >= 15 is 0 Å². The maximum absolute atomic E-state index is 9.80. The van der Waals surface area contributed by atoms with Gasteiger partial charge in [-0.25, -0.2) is 0 Å². The van der Waals surface area contributed by atoms with Gasteiger partial charge < -0.3 is 41.1 Å². The lowest BCUT2D eigenvalue weighted by Crippen LogP contribution is -2.65. The lowest BCUT2D eigenvalue weighted by Gasteiger charge is -2.54. The predicted molar refractivity (Wildman–Crippen MR) is 391 cm³/mol. The van der Waals surface area contributed by atoms with Crippen molar-refractivity contribution in [3.05, 3.63) is 36.2 Å². The second kappa shape index (κ2) is 30.1. The number of aliphatic hydroxyl groups is 1. The van der Waals surface area contributed by atoms with Gasteiger partial charge in [0.15, 0.2) is 49.9 Å². The van der Waals surface area contributed by atoms with E-state index in [-0.39, 0.29) is 117 Å². The van der Waals surface area contributed by atoms with Gasteiger partial charge in [0.2, 0.25) is 0 Å². The lowest BCUT2D eigenvalue weighted by atomic mass is 9.84. The molecule has 2 aliphatic rings. The van der Waals surface area contributed by atoms with Crippen molar-refractivity contribution in [1.82, 2.24) is 0 Å². The van der Waals surface area contributed by atoms with Crippen LogP contribution >= 0.6 is 0 Å². The Labute approximate surface area is 532 Å². The van der Waals surface area contributed by atoms with Gasteiger partial charge in [-0.15, -0.1) is 6.58 Å². The van der Waals surface area contributed by atoms with Gasteiger partial charge in [0.1, 0.15) is 12.2 Å². The predicted octanol–water partition coefficient (Wildman–Crippen LogP) is 21.0. The van der Waals surface area contributed by atoms with Crippen molar-refractivity contribution < 1.29 is 41.1 Å². The van der Waals surface area contributed by atoms with Crippen molar-refractivity contribution in [2.45, 2.75) is 374 Å². The number of rotatable bonds is 23. The molecule has 0 spiro atoms. The van der Waals surface area contributed by atoms with Crippen LogP contribution in [0.25, 0.3) is 0 Å². The minimum atomic E-state index is -2.22. The van der Waals surface area contributed by atoms with E-state index in [4.69, 9.17) is 36.0 Å². The van der Waals surface area contributed by atoms with Crippen LogP contribution in [0.2, 0.25) is 148 Å². The first-order valence-corrected chi connectivity index (χ1v) is 57.0. The molecule has 17 heteroatoms. The van der Waals surface area contributed by atoms with Crippen LogP contribution in [0.15, 0.2) is 36.2 Å². The van der Waals surface area contributed by atoms with Crippen LogP contribution in [0.1, 0.15) is 165 Å². The first kappa shape index (κ1) is 84.6. The summed E-state index contributed by atoms with van der Waals surface area (Å²) in [5.74, 6) is 0.300. The van der Waals surface area contributed by atoms with Crippen molar-refractivity contribution in [1.29, 1.82) is 0 Å². The SMILES string of the molecule is C.C=CC[C@@H]1O[C@@H]([C@H](/C=C/[Si](C)(C)C)O[Si](C)(C)C(C)(C)C)[C@@H](O[Si](C)(C)C(C)(C)C)[C@@H](O[Si](C)(C)C(C)(C)C)[C@H]1C.C[C@@H]1[C@H](O[Si](C)(C)C(C)(C)C)[C@H](O[Si](C)(C)C(C)(C)C)[C@H]([C@H](/C=C/[Si](C)(C)C)O[Si](C)(C)C(C)(C)C)O[C@H]1CCCO. The van der Waals surface area contributed by atoms with Crippen LogP contribution in [-0.4, -0.2) is 139 Å². The summed E-state index contributed by atoms with van der Waals surface area (Å²) in [5, 5.41) is 10.2. The fourth-order valence-corrected chi connectivity index (χ4v) is 18.1. The summed E-state index contributed by atoms with van der Waals surface area (Å²) in [6.07, 6.45) is 7.23. The van der Waals surface area contributed by atoms with Gasteiger partial charge in [-0.3, -0.25) is 0 Å². The summed E-state index contributed by atoms with van der Waals surface area (Å²) >= 11 is 0. The molecule has 2 fully saturated rings. The van der Waals surface area contributed by atoms with E-state index in [0.29, 0.717) is 6.42 Å². The zero-order valence-corrected chi connectivity index (χ0v) is 70.1. The van der Waals surface area contributed by atoms with Gasteiger partial charge in [-0.1, -0.05) is 215 Å². The van der Waals surface area contributed by atoms with Gasteiger partial charge in [0.05, 0.1) is 65.0 Å². The van der Waals surface area contributed by atoms with Crippen molar-refractivity contribution >= 4 is 66.1 Å². The Morgan fingerprint density at radius 1 is 0.417 bits per heavy atom. The van der Waals surface area contributed by atoms with Crippen LogP contribution in [0.4, 0.5) is 0 Å². The van der Waals surface area contributed by atoms with E-state index in [0.717, 1.165) is 12.8 Å². The molecule has 0 aromatic heterocycles. The summed E-state index contributed by atoms with van der Waals surface area (Å²) in [5.41, 5.74) is 4.85. The highest BCUT2D eigenvalue weighted by Crippen LogP contribution is 2.50. The summed E-state index contributed by atoms with van der Waals surface area (Å²) in [4.78, 5) is 0. The van der Waals surface area contributed by atoms with Gasteiger partial charge in [0.25, 0.3) is 0 Å². The smallest absolute Gasteiger partial charge is 0.193 e. The summed E-state index contributed by atoms with van der Waals surface area (Å²) in [7, 11) is -16.0. The average molecular weight is 1320 g/mol. The van der Waals surface area contributed by atoms with E-state index < -0.39 is 66.1 Å². The van der Waals surface area contributed by atoms with E-state index in [1.54, 1.807) is 0 Å². The molecule has 2 rings (SSSR count). The summed E-state index contributed by atoms with van der Waals surface area (Å²) < 4.78 is 58.6. The zero-order chi connectivity index (χ0) is 65.9. The molecule has 9 nitrogen and oxygen atoms in total. The fourth-order valence-electron chi connectivity index (χ4n) is 8.71. The maximum Gasteiger partial charge on any atom is 0.193 e. The molecule has 0 aromatic rings. The van der Waals surface area contributed by atoms with Gasteiger partial charge >= 0.3 is 0 Å². The Kier molecular flexibility index (Phi) is 30.3. The molecule has 84 heavy (non-hydrogen) atoms. The Morgan fingerprint density at radius 3 is 0.905 bits per heavy atom. The normalized spacial score (nSPS) is 26.4. The van der Waals surface area contributed by atoms with Crippen molar-refractivity contribution in [3.8, 4) is 0 Å². The number of ether oxygens (including phenoxy) is 2. The minimum Gasteiger partial charge on any atom is -0.411 e. The third kappa shape index (κ3) is 23.9. The molecule has 1 N–H and O–H groups in total. The monoisotopic (exact) mass is 1320 g/mol. The highest BCUT2D eigenvalue weighted by molar-refractivity contribution is 6.81. The molecule has 0 amide bonds. The van der Waals surface area contributed by atoms with E-state index in [2.05, 4.69) is 286 Å².